The number of phosphoric ester groups is 1. The van der Waals surface area contributed by atoms with Crippen molar-refractivity contribution in [3.05, 3.63) is 0 Å². The fraction of sp³-hybridized carbons (Fsp3) is 1.00. The van der Waals surface area contributed by atoms with Crippen LogP contribution in [0.5, 0.6) is 0 Å². The van der Waals surface area contributed by atoms with E-state index in [9.17, 15) is 4.57 Å². The van der Waals surface area contributed by atoms with Crippen LogP contribution in [-0.2, 0) is 13.6 Å². The number of phosphoric acid groups is 1. The first-order valence-electron chi connectivity index (χ1n) is 3.87. The molecule has 0 amide bonds. The summed E-state index contributed by atoms with van der Waals surface area (Å²) in [5, 5.41) is 0. The summed E-state index contributed by atoms with van der Waals surface area (Å²) < 4.78 is 20.6. The van der Waals surface area contributed by atoms with Gasteiger partial charge in [-0.15, -0.1) is 0 Å². The molecular weight excluding hydrogens is 167 g/mol. The molecule has 0 spiro atoms. The number of rotatable bonds is 0. The van der Waals surface area contributed by atoms with E-state index in [1.54, 1.807) is 0 Å². The predicted molar refractivity (Wildman–Crippen MR) is 38.0 cm³/mol. The third-order valence-corrected chi connectivity index (χ3v) is 3.25. The van der Waals surface area contributed by atoms with Gasteiger partial charge in [0.2, 0.25) is 0 Å². The fourth-order valence-corrected chi connectivity index (χ4v) is 2.89. The van der Waals surface area contributed by atoms with Crippen LogP contribution in [0.25, 0.3) is 0 Å². The van der Waals surface area contributed by atoms with Crippen molar-refractivity contribution in [1.82, 2.24) is 0 Å². The van der Waals surface area contributed by atoms with E-state index in [1.165, 1.54) is 0 Å². The normalized spacial score (nSPS) is 41.9. The van der Waals surface area contributed by atoms with Gasteiger partial charge in [-0.05, 0) is 12.8 Å². The van der Waals surface area contributed by atoms with Crippen molar-refractivity contribution in [2.24, 2.45) is 0 Å². The quantitative estimate of drug-likeness (QED) is 0.570. The molecule has 5 heteroatoms. The predicted octanol–water partition coefficient (Wildman–Crippen LogP) is 1.44. The van der Waals surface area contributed by atoms with Crippen molar-refractivity contribution in [1.29, 1.82) is 0 Å². The van der Waals surface area contributed by atoms with Gasteiger partial charge in [0.25, 0.3) is 0 Å². The molecule has 2 atom stereocenters. The summed E-state index contributed by atoms with van der Waals surface area (Å²) in [4.78, 5) is 8.94. The Balaban J connectivity index is 2.09. The summed E-state index contributed by atoms with van der Waals surface area (Å²) in [7, 11) is -3.65. The molecule has 0 bridgehead atoms. The maximum absolute atomic E-state index is 10.9. The van der Waals surface area contributed by atoms with E-state index >= 15 is 0 Å². The second kappa shape index (κ2) is 2.56. The minimum absolute atomic E-state index is 0.125. The van der Waals surface area contributed by atoms with E-state index in [-0.39, 0.29) is 12.2 Å². The molecule has 4 nitrogen and oxygen atoms in total. The van der Waals surface area contributed by atoms with E-state index < -0.39 is 7.82 Å². The second-order valence-electron chi connectivity index (χ2n) is 3.04. The van der Waals surface area contributed by atoms with Gasteiger partial charge in [0, 0.05) is 0 Å². The summed E-state index contributed by atoms with van der Waals surface area (Å²) in [5.41, 5.74) is 0. The van der Waals surface area contributed by atoms with Gasteiger partial charge in [-0.3, -0.25) is 9.05 Å². The largest absolute Gasteiger partial charge is 0.472 e. The molecule has 0 aromatic rings. The van der Waals surface area contributed by atoms with Crippen molar-refractivity contribution < 1.29 is 18.5 Å². The minimum atomic E-state index is -3.65. The number of hydrogen-bond donors (Lipinski definition) is 1. The first-order chi connectivity index (χ1) is 5.17. The monoisotopic (exact) mass is 178 g/mol. The Morgan fingerprint density at radius 1 is 1.18 bits per heavy atom. The molecule has 2 rings (SSSR count). The minimum Gasteiger partial charge on any atom is -0.302 e. The fourth-order valence-electron chi connectivity index (χ4n) is 1.67. The lowest BCUT2D eigenvalue weighted by Gasteiger charge is -2.19. The summed E-state index contributed by atoms with van der Waals surface area (Å²) in [6.45, 7) is 0. The van der Waals surface area contributed by atoms with E-state index in [0.717, 1.165) is 25.7 Å². The molecule has 0 aromatic carbocycles. The standard InChI is InChI=1S/C6H11O4P/c7-11(8)9-5-3-1-2-4-6(5)10-11/h5-6H,1-4H2,(H,7,8)/t5-,6-/m0/s1. The Kier molecular flexibility index (Phi) is 1.80. The van der Waals surface area contributed by atoms with Crippen LogP contribution >= 0.6 is 7.82 Å². The maximum Gasteiger partial charge on any atom is 0.472 e. The van der Waals surface area contributed by atoms with Gasteiger partial charge >= 0.3 is 7.82 Å². The highest BCUT2D eigenvalue weighted by molar-refractivity contribution is 7.47. The van der Waals surface area contributed by atoms with Gasteiger partial charge in [-0.25, -0.2) is 4.57 Å². The van der Waals surface area contributed by atoms with Crippen molar-refractivity contribution in [2.75, 3.05) is 0 Å². The zero-order valence-corrected chi connectivity index (χ0v) is 7.00. The van der Waals surface area contributed by atoms with Gasteiger partial charge in [0.1, 0.15) is 0 Å². The molecule has 1 heterocycles. The van der Waals surface area contributed by atoms with Crippen LogP contribution in [0.3, 0.4) is 0 Å². The molecule has 11 heavy (non-hydrogen) atoms. The molecule has 0 unspecified atom stereocenters. The molecule has 1 aliphatic heterocycles. The van der Waals surface area contributed by atoms with Crippen molar-refractivity contribution in [3.8, 4) is 0 Å². The van der Waals surface area contributed by atoms with E-state index in [1.807, 2.05) is 0 Å². The SMILES string of the molecule is O=P1(O)O[C@H]2CCCC[C@@H]2O1. The number of fused-ring (bicyclic) bond motifs is 1. The summed E-state index contributed by atoms with van der Waals surface area (Å²) in [6, 6.07) is 0. The lowest BCUT2D eigenvalue weighted by molar-refractivity contribution is 0.110. The molecule has 2 aliphatic rings. The maximum atomic E-state index is 10.9. The Labute approximate surface area is 65.1 Å². The highest BCUT2D eigenvalue weighted by atomic mass is 31.2. The van der Waals surface area contributed by atoms with Crippen LogP contribution in [0.1, 0.15) is 25.7 Å². The van der Waals surface area contributed by atoms with Gasteiger partial charge in [0.15, 0.2) is 0 Å². The van der Waals surface area contributed by atoms with E-state index in [0.29, 0.717) is 0 Å². The van der Waals surface area contributed by atoms with Crippen LogP contribution in [0, 0.1) is 0 Å². The third-order valence-electron chi connectivity index (χ3n) is 2.18. The highest BCUT2D eigenvalue weighted by Gasteiger charge is 2.44. The Bertz CT molecular complexity index is 187. The molecule has 1 saturated carbocycles. The molecule has 1 aliphatic carbocycles. The zero-order chi connectivity index (χ0) is 7.90. The zero-order valence-electron chi connectivity index (χ0n) is 6.10. The summed E-state index contributed by atoms with van der Waals surface area (Å²) in [6.07, 6.45) is 3.61. The molecule has 1 N–H and O–H groups in total. The van der Waals surface area contributed by atoms with Gasteiger partial charge in [-0.1, -0.05) is 12.8 Å². The molecule has 2 fully saturated rings. The van der Waals surface area contributed by atoms with Gasteiger partial charge in [-0.2, -0.15) is 0 Å². The smallest absolute Gasteiger partial charge is 0.302 e. The first kappa shape index (κ1) is 7.74. The van der Waals surface area contributed by atoms with E-state index in [4.69, 9.17) is 13.9 Å². The number of hydrogen-bond acceptors (Lipinski definition) is 3. The summed E-state index contributed by atoms with van der Waals surface area (Å²) in [5.74, 6) is 0. The Hall–Kier alpha value is 0.110. The molecule has 64 valence electrons. The van der Waals surface area contributed by atoms with Crippen LogP contribution in [0.15, 0.2) is 0 Å². The van der Waals surface area contributed by atoms with Gasteiger partial charge in [0.05, 0.1) is 12.2 Å². The summed E-state index contributed by atoms with van der Waals surface area (Å²) >= 11 is 0. The van der Waals surface area contributed by atoms with Crippen LogP contribution in [-0.4, -0.2) is 17.1 Å². The Morgan fingerprint density at radius 2 is 1.64 bits per heavy atom. The average molecular weight is 178 g/mol. The third kappa shape index (κ3) is 1.49. The second-order valence-corrected chi connectivity index (χ2v) is 4.40. The van der Waals surface area contributed by atoms with E-state index in [2.05, 4.69) is 0 Å². The molecule has 0 radical (unpaired) electrons. The average Bonchev–Trinajstić information content (AvgIpc) is 2.21. The molecular formula is C6H11O4P. The van der Waals surface area contributed by atoms with Crippen molar-refractivity contribution in [2.45, 2.75) is 37.9 Å². The van der Waals surface area contributed by atoms with Gasteiger partial charge < -0.3 is 4.89 Å². The van der Waals surface area contributed by atoms with Crippen LogP contribution in [0.2, 0.25) is 0 Å². The van der Waals surface area contributed by atoms with Crippen molar-refractivity contribution >= 4 is 7.82 Å². The Morgan fingerprint density at radius 3 is 2.09 bits per heavy atom. The lowest BCUT2D eigenvalue weighted by atomic mass is 9.95. The lowest BCUT2D eigenvalue weighted by Crippen LogP contribution is -2.25. The molecule has 0 aromatic heterocycles. The van der Waals surface area contributed by atoms with Crippen LogP contribution < -0.4 is 0 Å². The first-order valence-corrected chi connectivity index (χ1v) is 5.36. The topological polar surface area (TPSA) is 55.8 Å². The van der Waals surface area contributed by atoms with Crippen molar-refractivity contribution in [3.63, 3.8) is 0 Å². The highest BCUT2D eigenvalue weighted by Crippen LogP contribution is 2.55. The molecule has 1 saturated heterocycles. The van der Waals surface area contributed by atoms with Crippen LogP contribution in [0.4, 0.5) is 0 Å².